The molecule has 3 N–H and O–H groups in total. The Morgan fingerprint density at radius 3 is 2.71 bits per heavy atom. The molecule has 4 rings (SSSR count). The Balaban J connectivity index is 1.75. The number of nitrogens with one attached hydrogen (secondary N) is 2. The molecule has 0 aliphatic carbocycles. The smallest absolute Gasteiger partial charge is 0.314 e. The number of nitrogens with zero attached hydrogens (tertiary/aromatic N) is 4. The van der Waals surface area contributed by atoms with Gasteiger partial charge in [-0.05, 0) is 34.9 Å². The number of aliphatic carboxylic acids is 1. The zero-order valence-corrected chi connectivity index (χ0v) is 15.4. The number of imidazole rings is 1. The SMILES string of the molecule is CCCCC(C(=O)O)c1nc2cc(-c3ccccc3-c3nn[nH]n3)ccc2[nH]1. The Morgan fingerprint density at radius 2 is 2.00 bits per heavy atom. The van der Waals surface area contributed by atoms with Gasteiger partial charge in [0.1, 0.15) is 11.7 Å². The van der Waals surface area contributed by atoms with Gasteiger partial charge >= 0.3 is 5.97 Å². The fraction of sp³-hybridized carbons (Fsp3) is 0.250. The number of rotatable bonds is 7. The normalized spacial score (nSPS) is 12.3. The number of carboxylic acid groups (broad SMARTS) is 1. The predicted molar refractivity (Wildman–Crippen MR) is 105 cm³/mol. The summed E-state index contributed by atoms with van der Waals surface area (Å²) in [6, 6.07) is 13.6. The Hall–Kier alpha value is -3.55. The summed E-state index contributed by atoms with van der Waals surface area (Å²) in [6.07, 6.45) is 2.36. The Kier molecular flexibility index (Phi) is 4.84. The standard InChI is InChI=1S/C20H20N6O2/c1-2-3-6-15(20(27)28)18-21-16-10-9-12(11-17(16)22-18)13-7-4-5-8-14(13)19-23-25-26-24-19/h4-5,7-11,15H,2-3,6H2,1H3,(H,21,22)(H,27,28)(H,23,24,25,26). The highest BCUT2D eigenvalue weighted by Crippen LogP contribution is 2.32. The Bertz CT molecular complexity index is 1100. The summed E-state index contributed by atoms with van der Waals surface area (Å²) in [5.74, 6) is -0.457. The predicted octanol–water partition coefficient (Wildman–Crippen LogP) is 3.77. The molecule has 0 radical (unpaired) electrons. The molecule has 2 aromatic heterocycles. The van der Waals surface area contributed by atoms with Gasteiger partial charge in [0.2, 0.25) is 5.82 Å². The fourth-order valence-electron chi connectivity index (χ4n) is 3.35. The lowest BCUT2D eigenvalue weighted by molar-refractivity contribution is -0.139. The lowest BCUT2D eigenvalue weighted by Gasteiger charge is -2.07. The number of benzene rings is 2. The second kappa shape index (κ2) is 7.59. The van der Waals surface area contributed by atoms with Crippen molar-refractivity contribution in [2.45, 2.75) is 32.1 Å². The van der Waals surface area contributed by atoms with E-state index in [4.69, 9.17) is 0 Å². The molecule has 2 heterocycles. The lowest BCUT2D eigenvalue weighted by atomic mass is 9.99. The minimum absolute atomic E-state index is 0.500. The minimum atomic E-state index is -0.852. The first-order chi connectivity index (χ1) is 13.7. The van der Waals surface area contributed by atoms with Crippen molar-refractivity contribution < 1.29 is 9.90 Å². The van der Waals surface area contributed by atoms with Crippen LogP contribution in [0.15, 0.2) is 42.5 Å². The van der Waals surface area contributed by atoms with E-state index in [1.165, 1.54) is 0 Å². The monoisotopic (exact) mass is 376 g/mol. The molecule has 4 aromatic rings. The number of fused-ring (bicyclic) bond motifs is 1. The van der Waals surface area contributed by atoms with Crippen LogP contribution in [0.1, 0.15) is 37.9 Å². The Morgan fingerprint density at radius 1 is 1.18 bits per heavy atom. The first-order valence-corrected chi connectivity index (χ1v) is 9.23. The van der Waals surface area contributed by atoms with Crippen LogP contribution in [-0.4, -0.2) is 41.7 Å². The molecular formula is C20H20N6O2. The zero-order valence-electron chi connectivity index (χ0n) is 15.4. The first-order valence-electron chi connectivity index (χ1n) is 9.23. The van der Waals surface area contributed by atoms with Gasteiger partial charge in [0.15, 0.2) is 0 Å². The summed E-state index contributed by atoms with van der Waals surface area (Å²) in [6.45, 7) is 2.05. The average molecular weight is 376 g/mol. The number of carboxylic acids is 1. The molecule has 0 spiro atoms. The van der Waals surface area contributed by atoms with Crippen molar-refractivity contribution in [3.8, 4) is 22.5 Å². The number of unbranched alkanes of at least 4 members (excludes halogenated alkanes) is 1. The topological polar surface area (TPSA) is 120 Å². The van der Waals surface area contributed by atoms with Crippen molar-refractivity contribution in [1.82, 2.24) is 30.6 Å². The summed E-state index contributed by atoms with van der Waals surface area (Å²) in [5, 5.41) is 23.8. The zero-order chi connectivity index (χ0) is 19.5. The van der Waals surface area contributed by atoms with Gasteiger partial charge in [0, 0.05) is 5.56 Å². The van der Waals surface area contributed by atoms with Gasteiger partial charge in [0.05, 0.1) is 11.0 Å². The van der Waals surface area contributed by atoms with Crippen molar-refractivity contribution in [3.63, 3.8) is 0 Å². The number of H-pyrrole nitrogens is 2. The molecule has 0 saturated carbocycles. The number of hydrogen-bond acceptors (Lipinski definition) is 5. The minimum Gasteiger partial charge on any atom is -0.481 e. The van der Waals surface area contributed by atoms with Crippen LogP contribution in [0.5, 0.6) is 0 Å². The van der Waals surface area contributed by atoms with Gasteiger partial charge in [-0.15, -0.1) is 10.2 Å². The van der Waals surface area contributed by atoms with Crippen LogP contribution < -0.4 is 0 Å². The van der Waals surface area contributed by atoms with E-state index in [-0.39, 0.29) is 0 Å². The highest BCUT2D eigenvalue weighted by atomic mass is 16.4. The van der Waals surface area contributed by atoms with E-state index in [2.05, 4.69) is 30.6 Å². The molecule has 1 unspecified atom stereocenters. The lowest BCUT2D eigenvalue weighted by Crippen LogP contribution is -2.13. The number of aromatic amines is 2. The molecule has 142 valence electrons. The molecule has 0 fully saturated rings. The van der Waals surface area contributed by atoms with Gasteiger partial charge in [-0.1, -0.05) is 50.1 Å². The van der Waals surface area contributed by atoms with E-state index in [0.29, 0.717) is 18.1 Å². The third-order valence-electron chi connectivity index (χ3n) is 4.80. The van der Waals surface area contributed by atoms with E-state index >= 15 is 0 Å². The molecule has 0 amide bonds. The number of tetrazole rings is 1. The first kappa shape index (κ1) is 17.8. The number of aromatic nitrogens is 6. The van der Waals surface area contributed by atoms with Crippen LogP contribution in [0.2, 0.25) is 0 Å². The maximum atomic E-state index is 11.7. The van der Waals surface area contributed by atoms with E-state index < -0.39 is 11.9 Å². The molecular weight excluding hydrogens is 356 g/mol. The number of carbonyl (C=O) groups is 1. The molecule has 1 atom stereocenters. The Labute approximate surface area is 161 Å². The maximum Gasteiger partial charge on any atom is 0.314 e. The van der Waals surface area contributed by atoms with Crippen molar-refractivity contribution in [1.29, 1.82) is 0 Å². The van der Waals surface area contributed by atoms with Gasteiger partial charge in [-0.3, -0.25) is 4.79 Å². The third-order valence-corrected chi connectivity index (χ3v) is 4.80. The van der Waals surface area contributed by atoms with Gasteiger partial charge in [-0.2, -0.15) is 5.21 Å². The number of hydrogen-bond donors (Lipinski definition) is 3. The van der Waals surface area contributed by atoms with Crippen LogP contribution in [0.4, 0.5) is 0 Å². The summed E-state index contributed by atoms with van der Waals surface area (Å²) in [4.78, 5) is 19.4. The van der Waals surface area contributed by atoms with E-state index in [9.17, 15) is 9.90 Å². The second-order valence-electron chi connectivity index (χ2n) is 6.67. The highest BCUT2D eigenvalue weighted by Gasteiger charge is 2.23. The van der Waals surface area contributed by atoms with E-state index in [1.807, 2.05) is 49.4 Å². The average Bonchev–Trinajstić information content (AvgIpc) is 3.37. The van der Waals surface area contributed by atoms with Crippen LogP contribution in [0.25, 0.3) is 33.5 Å². The molecule has 28 heavy (non-hydrogen) atoms. The molecule has 0 aliphatic heterocycles. The van der Waals surface area contributed by atoms with Crippen LogP contribution in [-0.2, 0) is 4.79 Å². The quantitative estimate of drug-likeness (QED) is 0.451. The molecule has 8 heteroatoms. The summed E-state index contributed by atoms with van der Waals surface area (Å²) >= 11 is 0. The van der Waals surface area contributed by atoms with Gasteiger partial charge in [0.25, 0.3) is 0 Å². The van der Waals surface area contributed by atoms with Gasteiger partial charge in [-0.25, -0.2) is 4.98 Å². The van der Waals surface area contributed by atoms with Gasteiger partial charge < -0.3 is 10.1 Å². The van der Waals surface area contributed by atoms with Crippen LogP contribution in [0, 0.1) is 0 Å². The summed E-state index contributed by atoms with van der Waals surface area (Å²) in [7, 11) is 0. The molecule has 8 nitrogen and oxygen atoms in total. The molecule has 0 aliphatic rings. The van der Waals surface area contributed by atoms with Crippen LogP contribution >= 0.6 is 0 Å². The molecule has 0 saturated heterocycles. The van der Waals surface area contributed by atoms with E-state index in [0.717, 1.165) is 40.6 Å². The second-order valence-corrected chi connectivity index (χ2v) is 6.67. The summed E-state index contributed by atoms with van der Waals surface area (Å²) in [5.41, 5.74) is 4.32. The van der Waals surface area contributed by atoms with Crippen molar-refractivity contribution in [2.75, 3.05) is 0 Å². The van der Waals surface area contributed by atoms with Crippen molar-refractivity contribution in [2.24, 2.45) is 0 Å². The van der Waals surface area contributed by atoms with Crippen molar-refractivity contribution in [3.05, 3.63) is 48.3 Å². The third kappa shape index (κ3) is 3.36. The van der Waals surface area contributed by atoms with Crippen molar-refractivity contribution >= 4 is 17.0 Å². The summed E-state index contributed by atoms with van der Waals surface area (Å²) < 4.78 is 0. The maximum absolute atomic E-state index is 11.7. The largest absolute Gasteiger partial charge is 0.481 e. The van der Waals surface area contributed by atoms with E-state index in [1.54, 1.807) is 0 Å². The fourth-order valence-corrected chi connectivity index (χ4v) is 3.35. The molecule has 0 bridgehead atoms. The molecule has 2 aromatic carbocycles. The van der Waals surface area contributed by atoms with Crippen LogP contribution in [0.3, 0.4) is 0 Å². The highest BCUT2D eigenvalue weighted by molar-refractivity contribution is 5.87.